The summed E-state index contributed by atoms with van der Waals surface area (Å²) in [4.78, 5) is 0. The van der Waals surface area contributed by atoms with Crippen LogP contribution in [0, 0.1) is 0 Å². The number of allylic oxidation sites excluding steroid dienone is 1. The van der Waals surface area contributed by atoms with Crippen LogP contribution in [-0.4, -0.2) is 13.3 Å². The van der Waals surface area contributed by atoms with Gasteiger partial charge in [0.15, 0.2) is 7.38 Å². The maximum absolute atomic E-state index is 6.09. The normalized spacial score (nSPS) is 11.6. The van der Waals surface area contributed by atoms with Gasteiger partial charge in [0, 0.05) is 5.88 Å². The van der Waals surface area contributed by atoms with Gasteiger partial charge in [0.05, 0.1) is 0 Å². The Morgan fingerprint density at radius 2 is 2.00 bits per heavy atom. The fourth-order valence-corrected chi connectivity index (χ4v) is 1.91. The third-order valence-corrected chi connectivity index (χ3v) is 3.65. The Kier molecular flexibility index (Phi) is 4.66. The molecule has 10 heavy (non-hydrogen) atoms. The number of hydrogen-bond acceptors (Lipinski definition) is 0. The molecule has 0 saturated carbocycles. The molecular weight excluding hydrogens is 183 g/mol. The smallest absolute Gasteiger partial charge is 0.150 e. The van der Waals surface area contributed by atoms with E-state index in [2.05, 4.69) is 19.7 Å². The zero-order chi connectivity index (χ0) is 8.20. The first-order chi connectivity index (χ1) is 4.45. The van der Waals surface area contributed by atoms with Gasteiger partial charge in [-0.15, -0.1) is 11.6 Å². The lowest BCUT2D eigenvalue weighted by atomic mass is 10.3. The molecule has 0 bridgehead atoms. The van der Waals surface area contributed by atoms with Crippen LogP contribution in [0.2, 0.25) is 19.1 Å². The summed E-state index contributed by atoms with van der Waals surface area (Å²) in [6, 6.07) is 1.08. The minimum Gasteiger partial charge on any atom is -0.168 e. The second kappa shape index (κ2) is 4.42. The average molecular weight is 197 g/mol. The molecule has 0 aromatic rings. The first kappa shape index (κ1) is 10.5. The van der Waals surface area contributed by atoms with Crippen molar-refractivity contribution in [3.63, 3.8) is 0 Å². The van der Waals surface area contributed by atoms with Crippen LogP contribution < -0.4 is 0 Å². The molecule has 0 nitrogen and oxygen atoms in total. The Morgan fingerprint density at radius 1 is 1.50 bits per heavy atom. The molecule has 0 saturated heterocycles. The molecule has 0 aliphatic rings. The largest absolute Gasteiger partial charge is 0.168 e. The van der Waals surface area contributed by atoms with Gasteiger partial charge >= 0.3 is 0 Å². The fraction of sp³-hybridized carbons (Fsp3) is 0.714. The zero-order valence-electron chi connectivity index (χ0n) is 6.58. The van der Waals surface area contributed by atoms with Crippen LogP contribution in [0.25, 0.3) is 0 Å². The van der Waals surface area contributed by atoms with E-state index in [-0.39, 0.29) is 0 Å². The summed E-state index contributed by atoms with van der Waals surface area (Å²) in [6.07, 6.45) is 0.992. The summed E-state index contributed by atoms with van der Waals surface area (Å²) in [6.45, 7) is 8.08. The first-order valence-corrected chi connectivity index (χ1v) is 8.12. The van der Waals surface area contributed by atoms with Gasteiger partial charge in [-0.25, -0.2) is 0 Å². The Balaban J connectivity index is 3.46. The van der Waals surface area contributed by atoms with Crippen molar-refractivity contribution in [2.75, 3.05) is 5.88 Å². The lowest BCUT2D eigenvalue weighted by Gasteiger charge is -2.11. The van der Waals surface area contributed by atoms with Crippen LogP contribution in [0.5, 0.6) is 0 Å². The van der Waals surface area contributed by atoms with Gasteiger partial charge in [0.25, 0.3) is 0 Å². The quantitative estimate of drug-likeness (QED) is 0.279. The molecule has 0 N–H and O–H groups in total. The Labute approximate surface area is 73.9 Å². The topological polar surface area (TPSA) is 0 Å². The van der Waals surface area contributed by atoms with E-state index in [0.29, 0.717) is 5.88 Å². The Morgan fingerprint density at radius 3 is 2.30 bits per heavy atom. The Hall–Kier alpha value is 0.537. The van der Waals surface area contributed by atoms with E-state index in [1.165, 1.54) is 0 Å². The lowest BCUT2D eigenvalue weighted by molar-refractivity contribution is 1.08. The summed E-state index contributed by atoms with van der Waals surface area (Å²) in [7, 11) is -1.38. The van der Waals surface area contributed by atoms with Crippen LogP contribution in [0.4, 0.5) is 0 Å². The predicted molar refractivity (Wildman–Crippen MR) is 52.6 cm³/mol. The van der Waals surface area contributed by atoms with Crippen LogP contribution in [0.3, 0.4) is 0 Å². The fourth-order valence-electron chi connectivity index (χ4n) is 0.541. The summed E-state index contributed by atoms with van der Waals surface area (Å²) >= 11 is 11.6. The van der Waals surface area contributed by atoms with Gasteiger partial charge in [0.1, 0.15) is 0 Å². The zero-order valence-corrected chi connectivity index (χ0v) is 9.10. The van der Waals surface area contributed by atoms with Crippen molar-refractivity contribution in [2.24, 2.45) is 0 Å². The molecule has 0 amide bonds. The lowest BCUT2D eigenvalue weighted by Crippen LogP contribution is -2.15. The molecular formula is C7H14Cl2Si. The number of hydrogen-bond donors (Lipinski definition) is 0. The predicted octanol–water partition coefficient (Wildman–Crippen LogP) is 3.62. The summed E-state index contributed by atoms with van der Waals surface area (Å²) in [5.74, 6) is 0.571. The highest BCUT2D eigenvalue weighted by molar-refractivity contribution is 7.19. The third-order valence-electron chi connectivity index (χ3n) is 1.26. The van der Waals surface area contributed by atoms with Crippen molar-refractivity contribution in [3.05, 3.63) is 12.2 Å². The summed E-state index contributed by atoms with van der Waals surface area (Å²) in [5, 5.41) is 0. The second-order valence-corrected chi connectivity index (χ2v) is 10.4. The minimum absolute atomic E-state index is 0.571. The van der Waals surface area contributed by atoms with E-state index in [4.69, 9.17) is 22.7 Å². The monoisotopic (exact) mass is 196 g/mol. The molecule has 3 heteroatoms. The number of halogens is 2. The summed E-state index contributed by atoms with van der Waals surface area (Å²) in [5.41, 5.74) is 1.10. The van der Waals surface area contributed by atoms with Gasteiger partial charge in [0.2, 0.25) is 0 Å². The van der Waals surface area contributed by atoms with E-state index in [9.17, 15) is 0 Å². The molecule has 0 unspecified atom stereocenters. The second-order valence-electron chi connectivity index (χ2n) is 3.10. The Bertz CT molecular complexity index is 115. The highest BCUT2D eigenvalue weighted by atomic mass is 35.6. The van der Waals surface area contributed by atoms with Gasteiger partial charge < -0.3 is 0 Å². The van der Waals surface area contributed by atoms with Crippen molar-refractivity contribution >= 4 is 30.1 Å². The number of rotatable bonds is 4. The van der Waals surface area contributed by atoms with Crippen molar-refractivity contribution in [3.8, 4) is 0 Å². The molecule has 0 radical (unpaired) electrons. The third kappa shape index (κ3) is 6.65. The minimum atomic E-state index is -1.38. The van der Waals surface area contributed by atoms with Gasteiger partial charge in [-0.1, -0.05) is 25.2 Å². The van der Waals surface area contributed by atoms with Crippen molar-refractivity contribution in [1.29, 1.82) is 0 Å². The average Bonchev–Trinajstić information content (AvgIpc) is 1.81. The van der Waals surface area contributed by atoms with Crippen LogP contribution >= 0.6 is 22.7 Å². The van der Waals surface area contributed by atoms with E-state index in [0.717, 1.165) is 18.0 Å². The highest BCUT2D eigenvalue weighted by Gasteiger charge is 2.15. The van der Waals surface area contributed by atoms with Crippen LogP contribution in [0.1, 0.15) is 6.42 Å². The van der Waals surface area contributed by atoms with Crippen LogP contribution in [0.15, 0.2) is 12.2 Å². The molecule has 0 atom stereocenters. The van der Waals surface area contributed by atoms with E-state index in [1.54, 1.807) is 0 Å². The van der Waals surface area contributed by atoms with Crippen LogP contribution in [-0.2, 0) is 0 Å². The molecule has 0 aliphatic heterocycles. The van der Waals surface area contributed by atoms with E-state index in [1.807, 2.05) is 0 Å². The molecule has 0 aromatic heterocycles. The molecule has 0 fully saturated rings. The molecule has 0 rings (SSSR count). The van der Waals surface area contributed by atoms with E-state index < -0.39 is 7.38 Å². The summed E-state index contributed by atoms with van der Waals surface area (Å²) < 4.78 is 0. The number of alkyl halides is 1. The highest BCUT2D eigenvalue weighted by Crippen LogP contribution is 2.19. The maximum atomic E-state index is 6.09. The molecule has 0 aromatic carbocycles. The van der Waals surface area contributed by atoms with Gasteiger partial charge in [-0.05, 0) is 12.5 Å². The molecule has 0 heterocycles. The standard InChI is InChI=1S/C7H14Cl2Si/c1-7(6-8)4-5-10(2,3)9/h1,4-6H2,2-3H3. The maximum Gasteiger partial charge on any atom is 0.150 e. The molecule has 0 spiro atoms. The van der Waals surface area contributed by atoms with Gasteiger partial charge in [-0.2, -0.15) is 11.1 Å². The van der Waals surface area contributed by atoms with Crippen molar-refractivity contribution in [1.82, 2.24) is 0 Å². The van der Waals surface area contributed by atoms with Crippen molar-refractivity contribution in [2.45, 2.75) is 25.6 Å². The van der Waals surface area contributed by atoms with E-state index >= 15 is 0 Å². The molecule has 0 aliphatic carbocycles. The first-order valence-electron chi connectivity index (χ1n) is 3.37. The van der Waals surface area contributed by atoms with Gasteiger partial charge in [-0.3, -0.25) is 0 Å². The molecule has 60 valence electrons. The van der Waals surface area contributed by atoms with Crippen molar-refractivity contribution < 1.29 is 0 Å². The SMILES string of the molecule is C=C(CCl)CC[Si](C)(C)Cl.